The number of anilines is 1. The highest BCUT2D eigenvalue weighted by atomic mass is 16.5. The summed E-state index contributed by atoms with van der Waals surface area (Å²) in [5.41, 5.74) is 2.52. The third-order valence-corrected chi connectivity index (χ3v) is 3.66. The van der Waals surface area contributed by atoms with Crippen LogP contribution in [0.5, 0.6) is 5.75 Å². The maximum atomic E-state index is 12.5. The lowest BCUT2D eigenvalue weighted by Crippen LogP contribution is -2.11. The fourth-order valence-electron chi connectivity index (χ4n) is 2.43. The number of Topliss-reactive ketones (excluding diaryl/α,β-unsaturated/α-hetero) is 1. The first-order valence-electron chi connectivity index (χ1n) is 7.16. The van der Waals surface area contributed by atoms with Crippen LogP contribution < -0.4 is 10.1 Å². The van der Waals surface area contributed by atoms with Crippen LogP contribution in [0.1, 0.15) is 27.6 Å². The van der Waals surface area contributed by atoms with Crippen molar-refractivity contribution in [3.63, 3.8) is 0 Å². The molecule has 0 saturated carbocycles. The number of methoxy groups -OCH3 is 1. The Labute approximate surface area is 133 Å². The van der Waals surface area contributed by atoms with Crippen LogP contribution in [-0.4, -0.2) is 23.8 Å². The van der Waals surface area contributed by atoms with Crippen molar-refractivity contribution < 1.29 is 14.3 Å². The summed E-state index contributed by atoms with van der Waals surface area (Å²) in [5.74, 6) is 0.396. The molecule has 1 heterocycles. The Kier molecular flexibility index (Phi) is 3.85. The van der Waals surface area contributed by atoms with Crippen molar-refractivity contribution in [2.75, 3.05) is 12.4 Å². The van der Waals surface area contributed by atoms with Crippen LogP contribution in [0.15, 0.2) is 48.7 Å². The number of carbonyl (C=O) groups is 2. The fourth-order valence-corrected chi connectivity index (χ4v) is 2.43. The molecule has 5 nitrogen and oxygen atoms in total. The molecule has 3 aromatic rings. The van der Waals surface area contributed by atoms with Crippen LogP contribution in [0, 0.1) is 0 Å². The number of amides is 1. The van der Waals surface area contributed by atoms with Crippen molar-refractivity contribution in [1.29, 1.82) is 0 Å². The summed E-state index contributed by atoms with van der Waals surface area (Å²) in [6.45, 7) is 1.49. The fraction of sp³-hybridized carbons (Fsp3) is 0.111. The molecule has 2 N–H and O–H groups in total. The van der Waals surface area contributed by atoms with Crippen molar-refractivity contribution in [3.8, 4) is 5.75 Å². The predicted molar refractivity (Wildman–Crippen MR) is 89.3 cm³/mol. The summed E-state index contributed by atoms with van der Waals surface area (Å²) in [5, 5.41) is 3.60. The molecule has 0 bridgehead atoms. The topological polar surface area (TPSA) is 71.2 Å². The lowest BCUT2D eigenvalue weighted by Gasteiger charge is -2.06. The van der Waals surface area contributed by atoms with E-state index in [1.54, 1.807) is 37.6 Å². The van der Waals surface area contributed by atoms with Crippen LogP contribution in [0.3, 0.4) is 0 Å². The number of H-pyrrole nitrogens is 1. The van der Waals surface area contributed by atoms with Gasteiger partial charge in [-0.25, -0.2) is 0 Å². The Bertz CT molecular complexity index is 896. The summed E-state index contributed by atoms with van der Waals surface area (Å²) in [6, 6.07) is 12.4. The second-order valence-corrected chi connectivity index (χ2v) is 5.20. The molecular formula is C18H16N2O3. The molecule has 0 aliphatic rings. The molecule has 0 unspecified atom stereocenters. The largest absolute Gasteiger partial charge is 0.497 e. The lowest BCUT2D eigenvalue weighted by molar-refractivity contribution is 0.101. The average Bonchev–Trinajstić information content (AvgIpc) is 2.98. The van der Waals surface area contributed by atoms with Crippen LogP contribution in [-0.2, 0) is 0 Å². The van der Waals surface area contributed by atoms with Gasteiger partial charge in [0.15, 0.2) is 5.78 Å². The maximum absolute atomic E-state index is 12.5. The minimum atomic E-state index is -0.245. The summed E-state index contributed by atoms with van der Waals surface area (Å²) < 4.78 is 5.20. The van der Waals surface area contributed by atoms with Gasteiger partial charge < -0.3 is 15.0 Å². The Balaban J connectivity index is 1.91. The van der Waals surface area contributed by atoms with E-state index in [4.69, 9.17) is 4.74 Å². The zero-order valence-corrected chi connectivity index (χ0v) is 12.8. The molecule has 1 aromatic heterocycles. The number of ether oxygens (including phenoxy) is 1. The Hall–Kier alpha value is -3.08. The molecule has 0 spiro atoms. The number of carbonyl (C=O) groups excluding carboxylic acids is 2. The second kappa shape index (κ2) is 5.96. The van der Waals surface area contributed by atoms with Crippen LogP contribution >= 0.6 is 0 Å². The standard InChI is InChI=1S/C18H16N2O3/c1-11(21)12-4-3-5-13(8-12)20-18(22)16-10-19-17-7-6-14(23-2)9-15(16)17/h3-10,19H,1-2H3,(H,20,22). The Morgan fingerprint density at radius 3 is 2.70 bits per heavy atom. The van der Waals surface area contributed by atoms with Gasteiger partial charge >= 0.3 is 0 Å². The molecule has 0 aliphatic carbocycles. The summed E-state index contributed by atoms with van der Waals surface area (Å²) >= 11 is 0. The number of nitrogens with one attached hydrogen (secondary N) is 2. The zero-order valence-electron chi connectivity index (χ0n) is 12.8. The summed E-state index contributed by atoms with van der Waals surface area (Å²) in [6.07, 6.45) is 1.66. The van der Waals surface area contributed by atoms with Crippen molar-refractivity contribution in [2.45, 2.75) is 6.92 Å². The molecule has 3 rings (SSSR count). The first kappa shape index (κ1) is 14.8. The van der Waals surface area contributed by atoms with Gasteiger partial charge in [0.25, 0.3) is 5.91 Å². The number of benzene rings is 2. The maximum Gasteiger partial charge on any atom is 0.257 e. The minimum absolute atomic E-state index is 0.0436. The normalized spacial score (nSPS) is 10.5. The monoisotopic (exact) mass is 308 g/mol. The van der Waals surface area contributed by atoms with Crippen LogP contribution in [0.25, 0.3) is 10.9 Å². The first-order valence-corrected chi connectivity index (χ1v) is 7.16. The molecule has 0 saturated heterocycles. The van der Waals surface area contributed by atoms with Crippen molar-refractivity contribution in [3.05, 3.63) is 59.8 Å². The molecule has 23 heavy (non-hydrogen) atoms. The van der Waals surface area contributed by atoms with Crippen molar-refractivity contribution in [1.82, 2.24) is 4.98 Å². The van der Waals surface area contributed by atoms with Crippen molar-refractivity contribution in [2.24, 2.45) is 0 Å². The van der Waals surface area contributed by atoms with Gasteiger partial charge in [0.2, 0.25) is 0 Å². The third kappa shape index (κ3) is 2.94. The lowest BCUT2D eigenvalue weighted by atomic mass is 10.1. The van der Waals surface area contributed by atoms with E-state index in [1.807, 2.05) is 18.2 Å². The van der Waals surface area contributed by atoms with Gasteiger partial charge in [-0.15, -0.1) is 0 Å². The molecule has 2 aromatic carbocycles. The molecule has 0 aliphatic heterocycles. The van der Waals surface area contributed by atoms with E-state index in [0.717, 1.165) is 10.9 Å². The quantitative estimate of drug-likeness (QED) is 0.723. The smallest absolute Gasteiger partial charge is 0.257 e. The number of fused-ring (bicyclic) bond motifs is 1. The van der Waals surface area contributed by atoms with Gasteiger partial charge in [-0.1, -0.05) is 12.1 Å². The predicted octanol–water partition coefficient (Wildman–Crippen LogP) is 3.63. The highest BCUT2D eigenvalue weighted by Crippen LogP contribution is 2.24. The van der Waals surface area contributed by atoms with E-state index >= 15 is 0 Å². The number of hydrogen-bond acceptors (Lipinski definition) is 3. The molecule has 1 amide bonds. The number of aromatic amines is 1. The molecule has 5 heteroatoms. The summed E-state index contributed by atoms with van der Waals surface area (Å²) in [4.78, 5) is 27.0. The zero-order chi connectivity index (χ0) is 16.4. The van der Waals surface area contributed by atoms with E-state index in [0.29, 0.717) is 22.6 Å². The number of rotatable bonds is 4. The van der Waals surface area contributed by atoms with Gasteiger partial charge in [-0.3, -0.25) is 9.59 Å². The van der Waals surface area contributed by atoms with E-state index < -0.39 is 0 Å². The molecule has 0 fully saturated rings. The van der Waals surface area contributed by atoms with E-state index in [-0.39, 0.29) is 11.7 Å². The van der Waals surface area contributed by atoms with Gasteiger partial charge in [-0.05, 0) is 37.3 Å². The average molecular weight is 308 g/mol. The molecule has 0 atom stereocenters. The van der Waals surface area contributed by atoms with Crippen molar-refractivity contribution >= 4 is 28.3 Å². The number of aromatic nitrogens is 1. The number of ketones is 1. The Morgan fingerprint density at radius 2 is 1.96 bits per heavy atom. The summed E-state index contributed by atoms with van der Waals surface area (Å²) in [7, 11) is 1.58. The molecule has 116 valence electrons. The highest BCUT2D eigenvalue weighted by molar-refractivity contribution is 6.13. The van der Waals surface area contributed by atoms with E-state index in [2.05, 4.69) is 10.3 Å². The minimum Gasteiger partial charge on any atom is -0.497 e. The SMILES string of the molecule is COc1ccc2[nH]cc(C(=O)Nc3cccc(C(C)=O)c3)c2c1. The highest BCUT2D eigenvalue weighted by Gasteiger charge is 2.13. The van der Waals surface area contributed by atoms with Gasteiger partial charge in [0.05, 0.1) is 12.7 Å². The number of hydrogen-bond donors (Lipinski definition) is 2. The van der Waals surface area contributed by atoms with E-state index in [1.165, 1.54) is 6.92 Å². The van der Waals surface area contributed by atoms with Gasteiger partial charge in [0.1, 0.15) is 5.75 Å². The van der Waals surface area contributed by atoms with E-state index in [9.17, 15) is 9.59 Å². The second-order valence-electron chi connectivity index (χ2n) is 5.20. The van der Waals surface area contributed by atoms with Gasteiger partial charge in [-0.2, -0.15) is 0 Å². The Morgan fingerprint density at radius 1 is 1.13 bits per heavy atom. The van der Waals surface area contributed by atoms with Crippen LogP contribution in [0.2, 0.25) is 0 Å². The first-order chi connectivity index (χ1) is 11.1. The third-order valence-electron chi connectivity index (χ3n) is 3.66. The molecular weight excluding hydrogens is 292 g/mol. The molecule has 0 radical (unpaired) electrons. The van der Waals surface area contributed by atoms with Crippen LogP contribution in [0.4, 0.5) is 5.69 Å². The van der Waals surface area contributed by atoms with Gasteiger partial charge in [0, 0.05) is 28.4 Å².